The largest absolute Gasteiger partial charge is 0.444 e. The minimum Gasteiger partial charge on any atom is -0.444 e. The van der Waals surface area contributed by atoms with Gasteiger partial charge in [0.1, 0.15) is 6.61 Å². The zero-order chi connectivity index (χ0) is 15.2. The average molecular weight is 300 g/mol. The minimum atomic E-state index is -3.87. The maximum Gasteiger partial charge on any atom is 0.422 e. The van der Waals surface area contributed by atoms with Gasteiger partial charge in [-0.1, -0.05) is 37.3 Å². The van der Waals surface area contributed by atoms with Crippen LogP contribution in [0.5, 0.6) is 0 Å². The van der Waals surface area contributed by atoms with Gasteiger partial charge in [-0.3, -0.25) is 0 Å². The third-order valence-corrected chi connectivity index (χ3v) is 4.34. The van der Waals surface area contributed by atoms with Crippen LogP contribution in [-0.2, 0) is 21.6 Å². The predicted molar refractivity (Wildman–Crippen MR) is 76.2 cm³/mol. The normalized spacial score (nSPS) is 11.7. The lowest BCUT2D eigenvalue weighted by molar-refractivity contribution is 0.145. The van der Waals surface area contributed by atoms with E-state index in [4.69, 9.17) is 4.74 Å². The van der Waals surface area contributed by atoms with Crippen LogP contribution in [0.1, 0.15) is 26.3 Å². The monoisotopic (exact) mass is 300 g/mol. The zero-order valence-corrected chi connectivity index (χ0v) is 12.7. The third kappa shape index (κ3) is 4.82. The molecule has 1 amide bonds. The Morgan fingerprint density at radius 3 is 2.40 bits per heavy atom. The van der Waals surface area contributed by atoms with E-state index in [1.807, 2.05) is 22.9 Å². The number of nitrogens with one attached hydrogen (secondary N) is 1. The first kappa shape index (κ1) is 16.5. The lowest BCUT2D eigenvalue weighted by Gasteiger charge is -2.23. The first-order chi connectivity index (χ1) is 9.36. The zero-order valence-electron chi connectivity index (χ0n) is 11.9. The van der Waals surface area contributed by atoms with Gasteiger partial charge in [-0.05, 0) is 19.4 Å². The summed E-state index contributed by atoms with van der Waals surface area (Å²) in [6.45, 7) is 5.47. The van der Waals surface area contributed by atoms with Crippen LogP contribution >= 0.6 is 0 Å². The van der Waals surface area contributed by atoms with Crippen LogP contribution in [0, 0.1) is 0 Å². The molecule has 1 aromatic carbocycles. The summed E-state index contributed by atoms with van der Waals surface area (Å²) in [5, 5.41) is 0. The highest BCUT2D eigenvalue weighted by Gasteiger charge is 2.25. The first-order valence-electron chi connectivity index (χ1n) is 6.37. The highest BCUT2D eigenvalue weighted by Crippen LogP contribution is 2.05. The van der Waals surface area contributed by atoms with Crippen LogP contribution in [0.2, 0.25) is 0 Å². The number of rotatable bonds is 6. The van der Waals surface area contributed by atoms with Gasteiger partial charge in [-0.25, -0.2) is 9.52 Å². The van der Waals surface area contributed by atoms with Crippen molar-refractivity contribution in [3.05, 3.63) is 35.9 Å². The Morgan fingerprint density at radius 1 is 1.30 bits per heavy atom. The maximum absolute atomic E-state index is 11.9. The molecule has 112 valence electrons. The standard InChI is InChI=1S/C13H20N2O4S/c1-4-15(11(2)3)20(17,18)14-13(16)19-10-12-8-6-5-7-9-12/h5-9,11H,4,10H2,1-3H3,(H,14,16). The molecule has 0 spiro atoms. The number of benzene rings is 1. The quantitative estimate of drug-likeness (QED) is 0.870. The van der Waals surface area contributed by atoms with E-state index in [-0.39, 0.29) is 19.2 Å². The van der Waals surface area contributed by atoms with Crippen molar-refractivity contribution in [2.75, 3.05) is 6.54 Å². The van der Waals surface area contributed by atoms with Gasteiger partial charge in [0.2, 0.25) is 0 Å². The molecule has 6 nitrogen and oxygen atoms in total. The molecule has 1 N–H and O–H groups in total. The van der Waals surface area contributed by atoms with Gasteiger partial charge >= 0.3 is 16.3 Å². The van der Waals surface area contributed by atoms with Gasteiger partial charge in [0.15, 0.2) is 0 Å². The van der Waals surface area contributed by atoms with Crippen molar-refractivity contribution < 1.29 is 17.9 Å². The Kier molecular flexibility index (Phi) is 5.97. The number of hydrogen-bond donors (Lipinski definition) is 1. The Balaban J connectivity index is 2.57. The van der Waals surface area contributed by atoms with Gasteiger partial charge in [0.25, 0.3) is 0 Å². The van der Waals surface area contributed by atoms with E-state index in [1.165, 1.54) is 4.31 Å². The second-order valence-corrected chi connectivity index (χ2v) is 6.09. The molecule has 0 fully saturated rings. The molecule has 1 aromatic rings. The molecule has 7 heteroatoms. The molecule has 0 saturated heterocycles. The van der Waals surface area contributed by atoms with Crippen molar-refractivity contribution in [2.24, 2.45) is 0 Å². The van der Waals surface area contributed by atoms with Gasteiger partial charge in [-0.2, -0.15) is 12.7 Å². The van der Waals surface area contributed by atoms with E-state index in [0.29, 0.717) is 0 Å². The fourth-order valence-electron chi connectivity index (χ4n) is 1.73. The van der Waals surface area contributed by atoms with Crippen LogP contribution in [-0.4, -0.2) is 31.4 Å². The minimum absolute atomic E-state index is 0.0238. The highest BCUT2D eigenvalue weighted by atomic mass is 32.2. The van der Waals surface area contributed by atoms with E-state index < -0.39 is 16.3 Å². The third-order valence-electron chi connectivity index (χ3n) is 2.62. The van der Waals surface area contributed by atoms with E-state index in [0.717, 1.165) is 5.56 Å². The lowest BCUT2D eigenvalue weighted by atomic mass is 10.2. The molecule has 20 heavy (non-hydrogen) atoms. The second kappa shape index (κ2) is 7.25. The molecule has 0 saturated carbocycles. The van der Waals surface area contributed by atoms with Crippen molar-refractivity contribution in [3.8, 4) is 0 Å². The molecule has 0 aliphatic carbocycles. The van der Waals surface area contributed by atoms with Crippen LogP contribution in [0.25, 0.3) is 0 Å². The number of carbonyl (C=O) groups is 1. The Bertz CT molecular complexity index is 529. The van der Waals surface area contributed by atoms with Crippen LogP contribution in [0.3, 0.4) is 0 Å². The molecule has 0 unspecified atom stereocenters. The Labute approximate surface area is 119 Å². The average Bonchev–Trinajstić information content (AvgIpc) is 2.37. The van der Waals surface area contributed by atoms with E-state index in [9.17, 15) is 13.2 Å². The smallest absolute Gasteiger partial charge is 0.422 e. The van der Waals surface area contributed by atoms with E-state index in [2.05, 4.69) is 0 Å². The summed E-state index contributed by atoms with van der Waals surface area (Å²) in [6.07, 6.45) is -0.979. The second-order valence-electron chi connectivity index (χ2n) is 4.47. The number of hydrogen-bond acceptors (Lipinski definition) is 4. The van der Waals surface area contributed by atoms with Crippen molar-refractivity contribution >= 4 is 16.3 Å². The van der Waals surface area contributed by atoms with Gasteiger partial charge in [-0.15, -0.1) is 0 Å². The fourth-order valence-corrected chi connectivity index (χ4v) is 3.01. The highest BCUT2D eigenvalue weighted by molar-refractivity contribution is 7.87. The summed E-state index contributed by atoms with van der Waals surface area (Å²) in [5.41, 5.74) is 0.788. The summed E-state index contributed by atoms with van der Waals surface area (Å²) in [6, 6.07) is 8.80. The SMILES string of the molecule is CCN(C(C)C)S(=O)(=O)NC(=O)OCc1ccccc1. The van der Waals surface area contributed by atoms with E-state index >= 15 is 0 Å². The Morgan fingerprint density at radius 2 is 1.90 bits per heavy atom. The lowest BCUT2D eigenvalue weighted by Crippen LogP contribution is -2.46. The molecule has 0 heterocycles. The molecule has 0 bridgehead atoms. The van der Waals surface area contributed by atoms with Gasteiger partial charge in [0, 0.05) is 12.6 Å². The Hall–Kier alpha value is -1.60. The van der Waals surface area contributed by atoms with Crippen molar-refractivity contribution in [2.45, 2.75) is 33.4 Å². The first-order valence-corrected chi connectivity index (χ1v) is 7.81. The summed E-state index contributed by atoms with van der Waals surface area (Å²) >= 11 is 0. The predicted octanol–water partition coefficient (Wildman–Crippen LogP) is 1.89. The molecule has 0 aliphatic heterocycles. The molecule has 0 aromatic heterocycles. The summed E-state index contributed by atoms with van der Waals surface area (Å²) in [5.74, 6) is 0. The maximum atomic E-state index is 11.9. The van der Waals surface area contributed by atoms with Gasteiger partial charge < -0.3 is 4.74 Å². The van der Waals surface area contributed by atoms with Gasteiger partial charge in [0.05, 0.1) is 0 Å². The van der Waals surface area contributed by atoms with Crippen LogP contribution in [0.4, 0.5) is 4.79 Å². The number of amides is 1. The van der Waals surface area contributed by atoms with E-state index in [1.54, 1.807) is 32.9 Å². The number of nitrogens with zero attached hydrogens (tertiary/aromatic N) is 1. The van der Waals surface area contributed by atoms with Crippen LogP contribution in [0.15, 0.2) is 30.3 Å². The number of carbonyl (C=O) groups excluding carboxylic acids is 1. The molecule has 0 radical (unpaired) electrons. The number of ether oxygens (including phenoxy) is 1. The van der Waals surface area contributed by atoms with Crippen molar-refractivity contribution in [3.63, 3.8) is 0 Å². The fraction of sp³-hybridized carbons (Fsp3) is 0.462. The summed E-state index contributed by atoms with van der Waals surface area (Å²) < 4.78 is 31.8. The molecule has 1 rings (SSSR count). The molecular weight excluding hydrogens is 280 g/mol. The summed E-state index contributed by atoms with van der Waals surface area (Å²) in [4.78, 5) is 11.5. The molecule has 0 atom stereocenters. The van der Waals surface area contributed by atoms with Crippen LogP contribution < -0.4 is 4.72 Å². The van der Waals surface area contributed by atoms with Crippen molar-refractivity contribution in [1.29, 1.82) is 0 Å². The molecule has 0 aliphatic rings. The summed E-state index contributed by atoms with van der Waals surface area (Å²) in [7, 11) is -3.87. The topological polar surface area (TPSA) is 75.7 Å². The van der Waals surface area contributed by atoms with Crippen molar-refractivity contribution in [1.82, 2.24) is 9.03 Å². The molecular formula is C13H20N2O4S.